The quantitative estimate of drug-likeness (QED) is 0.697. The molecule has 1 rings (SSSR count). The van der Waals surface area contributed by atoms with Gasteiger partial charge in [-0.1, -0.05) is 20.8 Å². The molecule has 0 bridgehead atoms. The normalized spacial score (nSPS) is 19.6. The Balaban J connectivity index is 2.30. The molecule has 1 unspecified atom stereocenters. The average Bonchev–Trinajstić information content (AvgIpc) is 2.96. The summed E-state index contributed by atoms with van der Waals surface area (Å²) in [5, 5.41) is 3.45. The first-order valence-corrected chi connectivity index (χ1v) is 6.37. The van der Waals surface area contributed by atoms with E-state index < -0.39 is 0 Å². The molecule has 2 nitrogen and oxygen atoms in total. The van der Waals surface area contributed by atoms with E-state index >= 15 is 0 Å². The van der Waals surface area contributed by atoms with E-state index in [9.17, 15) is 0 Å². The first-order valence-electron chi connectivity index (χ1n) is 6.37. The summed E-state index contributed by atoms with van der Waals surface area (Å²) in [5.41, 5.74) is 0.383. The second-order valence-corrected chi connectivity index (χ2v) is 5.94. The van der Waals surface area contributed by atoms with Gasteiger partial charge in [-0.15, -0.1) is 0 Å². The summed E-state index contributed by atoms with van der Waals surface area (Å²) in [7, 11) is 2.27. The Morgan fingerprint density at radius 1 is 1.40 bits per heavy atom. The molecule has 0 aromatic carbocycles. The Morgan fingerprint density at radius 3 is 2.47 bits per heavy atom. The second kappa shape index (κ2) is 5.31. The molecule has 1 N–H and O–H groups in total. The highest BCUT2D eigenvalue weighted by Gasteiger charge is 2.32. The van der Waals surface area contributed by atoms with Crippen molar-refractivity contribution >= 4 is 0 Å². The van der Waals surface area contributed by atoms with E-state index in [0.29, 0.717) is 5.41 Å². The van der Waals surface area contributed by atoms with E-state index in [1.165, 1.54) is 19.4 Å². The van der Waals surface area contributed by atoms with Gasteiger partial charge in [-0.25, -0.2) is 0 Å². The molecule has 0 spiro atoms. The number of hydrogen-bond acceptors (Lipinski definition) is 2. The fourth-order valence-electron chi connectivity index (χ4n) is 2.28. The molecule has 0 amide bonds. The van der Waals surface area contributed by atoms with Crippen molar-refractivity contribution in [3.05, 3.63) is 0 Å². The van der Waals surface area contributed by atoms with E-state index in [2.05, 4.69) is 45.0 Å². The van der Waals surface area contributed by atoms with Gasteiger partial charge in [-0.2, -0.15) is 0 Å². The summed E-state index contributed by atoms with van der Waals surface area (Å²) in [6.45, 7) is 12.6. The van der Waals surface area contributed by atoms with Crippen LogP contribution in [0.5, 0.6) is 0 Å². The smallest absolute Gasteiger partial charge is 0.00923 e. The van der Waals surface area contributed by atoms with Crippen molar-refractivity contribution in [1.29, 1.82) is 0 Å². The Kier molecular flexibility index (Phi) is 4.60. The lowest BCUT2D eigenvalue weighted by Crippen LogP contribution is -2.42. The van der Waals surface area contributed by atoms with Gasteiger partial charge < -0.3 is 10.2 Å². The zero-order valence-corrected chi connectivity index (χ0v) is 11.1. The molecule has 15 heavy (non-hydrogen) atoms. The van der Waals surface area contributed by atoms with Gasteiger partial charge in [0.2, 0.25) is 0 Å². The van der Waals surface area contributed by atoms with Gasteiger partial charge in [0.15, 0.2) is 0 Å². The average molecular weight is 212 g/mol. The Bertz CT molecular complexity index is 185. The SMILES string of the molecule is CCNCC(C)(C)CN(C)C(C)C1CC1. The van der Waals surface area contributed by atoms with Crippen molar-refractivity contribution in [2.24, 2.45) is 11.3 Å². The highest BCUT2D eigenvalue weighted by molar-refractivity contribution is 4.86. The van der Waals surface area contributed by atoms with Crippen LogP contribution in [0.3, 0.4) is 0 Å². The van der Waals surface area contributed by atoms with Crippen molar-refractivity contribution in [2.75, 3.05) is 26.7 Å². The summed E-state index contributed by atoms with van der Waals surface area (Å²) in [4.78, 5) is 2.54. The summed E-state index contributed by atoms with van der Waals surface area (Å²) in [6.07, 6.45) is 2.89. The molecule has 0 aliphatic heterocycles. The molecular weight excluding hydrogens is 184 g/mol. The maximum absolute atomic E-state index is 3.45. The van der Waals surface area contributed by atoms with Crippen molar-refractivity contribution < 1.29 is 0 Å². The Hall–Kier alpha value is -0.0800. The van der Waals surface area contributed by atoms with Crippen LogP contribution < -0.4 is 5.32 Å². The van der Waals surface area contributed by atoms with Crippen LogP contribution >= 0.6 is 0 Å². The molecule has 0 aromatic rings. The zero-order chi connectivity index (χ0) is 11.5. The van der Waals surface area contributed by atoms with Crippen LogP contribution in [-0.2, 0) is 0 Å². The molecule has 1 atom stereocenters. The lowest BCUT2D eigenvalue weighted by Gasteiger charge is -2.34. The molecule has 2 heteroatoms. The van der Waals surface area contributed by atoms with E-state index in [4.69, 9.17) is 0 Å². The lowest BCUT2D eigenvalue weighted by molar-refractivity contribution is 0.154. The van der Waals surface area contributed by atoms with Crippen LogP contribution in [0.15, 0.2) is 0 Å². The maximum Gasteiger partial charge on any atom is 0.00923 e. The molecule has 1 fully saturated rings. The summed E-state index contributed by atoms with van der Waals surface area (Å²) in [6, 6.07) is 0.769. The highest BCUT2D eigenvalue weighted by atomic mass is 15.1. The lowest BCUT2D eigenvalue weighted by atomic mass is 9.92. The van der Waals surface area contributed by atoms with E-state index in [1.54, 1.807) is 0 Å². The number of nitrogens with one attached hydrogen (secondary N) is 1. The summed E-state index contributed by atoms with van der Waals surface area (Å²) < 4.78 is 0. The Labute approximate surface area is 95.4 Å². The predicted octanol–water partition coefficient (Wildman–Crippen LogP) is 2.35. The van der Waals surface area contributed by atoms with Gasteiger partial charge in [-0.3, -0.25) is 0 Å². The fourth-order valence-corrected chi connectivity index (χ4v) is 2.28. The Morgan fingerprint density at radius 2 is 2.00 bits per heavy atom. The molecular formula is C13H28N2. The number of rotatable bonds is 7. The van der Waals surface area contributed by atoms with Crippen LogP contribution in [-0.4, -0.2) is 37.6 Å². The maximum atomic E-state index is 3.45. The number of nitrogens with zero attached hydrogens (tertiary/aromatic N) is 1. The topological polar surface area (TPSA) is 15.3 Å². The van der Waals surface area contributed by atoms with Crippen LogP contribution in [0.25, 0.3) is 0 Å². The van der Waals surface area contributed by atoms with Crippen LogP contribution in [0.2, 0.25) is 0 Å². The van der Waals surface area contributed by atoms with Crippen molar-refractivity contribution in [3.8, 4) is 0 Å². The van der Waals surface area contributed by atoms with Crippen molar-refractivity contribution in [3.63, 3.8) is 0 Å². The number of hydrogen-bond donors (Lipinski definition) is 1. The molecule has 1 aliphatic rings. The first kappa shape index (κ1) is 13.0. The zero-order valence-electron chi connectivity index (χ0n) is 11.1. The van der Waals surface area contributed by atoms with Crippen LogP contribution in [0.1, 0.15) is 40.5 Å². The third-order valence-corrected chi connectivity index (χ3v) is 3.53. The molecule has 0 heterocycles. The largest absolute Gasteiger partial charge is 0.316 e. The van der Waals surface area contributed by atoms with Crippen LogP contribution in [0.4, 0.5) is 0 Å². The third kappa shape index (κ3) is 4.52. The molecule has 0 aromatic heterocycles. The second-order valence-electron chi connectivity index (χ2n) is 5.94. The first-order chi connectivity index (χ1) is 6.96. The molecule has 1 aliphatic carbocycles. The van der Waals surface area contributed by atoms with Gasteiger partial charge in [-0.05, 0) is 44.7 Å². The monoisotopic (exact) mass is 212 g/mol. The highest BCUT2D eigenvalue weighted by Crippen LogP contribution is 2.35. The standard InChI is InChI=1S/C13H28N2/c1-6-14-9-13(3,4)10-15(5)11(2)12-7-8-12/h11-12,14H,6-10H2,1-5H3. The van der Waals surface area contributed by atoms with Gasteiger partial charge in [0.05, 0.1) is 0 Å². The van der Waals surface area contributed by atoms with E-state index in [1.807, 2.05) is 0 Å². The fraction of sp³-hybridized carbons (Fsp3) is 1.00. The summed E-state index contributed by atoms with van der Waals surface area (Å²) >= 11 is 0. The predicted molar refractivity (Wildman–Crippen MR) is 67.1 cm³/mol. The summed E-state index contributed by atoms with van der Waals surface area (Å²) in [5.74, 6) is 0.977. The van der Waals surface area contributed by atoms with Gasteiger partial charge in [0.25, 0.3) is 0 Å². The van der Waals surface area contributed by atoms with Crippen LogP contribution in [0, 0.1) is 11.3 Å². The van der Waals surface area contributed by atoms with E-state index in [0.717, 1.165) is 25.0 Å². The molecule has 1 saturated carbocycles. The molecule has 90 valence electrons. The van der Waals surface area contributed by atoms with Crippen molar-refractivity contribution in [2.45, 2.75) is 46.6 Å². The minimum absolute atomic E-state index is 0.383. The minimum Gasteiger partial charge on any atom is -0.316 e. The molecule has 0 saturated heterocycles. The van der Waals surface area contributed by atoms with Crippen molar-refractivity contribution in [1.82, 2.24) is 10.2 Å². The third-order valence-electron chi connectivity index (χ3n) is 3.53. The minimum atomic E-state index is 0.383. The molecule has 0 radical (unpaired) electrons. The van der Waals surface area contributed by atoms with Gasteiger partial charge >= 0.3 is 0 Å². The van der Waals surface area contributed by atoms with Gasteiger partial charge in [0.1, 0.15) is 0 Å². The van der Waals surface area contributed by atoms with Gasteiger partial charge in [0, 0.05) is 19.1 Å². The van der Waals surface area contributed by atoms with E-state index in [-0.39, 0.29) is 0 Å².